The molecule has 1 aromatic heterocycles. The molecule has 27 heavy (non-hydrogen) atoms. The maximum Gasteiger partial charge on any atom is 0.281 e. The molecule has 1 amide bonds. The van der Waals surface area contributed by atoms with Gasteiger partial charge < -0.3 is 9.47 Å². The van der Waals surface area contributed by atoms with Gasteiger partial charge in [-0.2, -0.15) is 0 Å². The van der Waals surface area contributed by atoms with Crippen LogP contribution in [-0.2, 0) is 4.79 Å². The van der Waals surface area contributed by atoms with Crippen molar-refractivity contribution in [3.8, 4) is 0 Å². The number of hydrogen-bond acceptors (Lipinski definition) is 2. The Kier molecular flexibility index (Phi) is 4.64. The number of hydrogen-bond donors (Lipinski definition) is 0. The van der Waals surface area contributed by atoms with Crippen molar-refractivity contribution in [2.75, 3.05) is 11.9 Å². The van der Waals surface area contributed by atoms with Gasteiger partial charge in [0.2, 0.25) is 0 Å². The zero-order valence-electron chi connectivity index (χ0n) is 16.1. The molecule has 1 aromatic carbocycles. The Hall–Kier alpha value is -2.40. The number of thiocarbonyl (C=S) groups is 1. The number of benzene rings is 1. The summed E-state index contributed by atoms with van der Waals surface area (Å²) in [7, 11) is 1.87. The van der Waals surface area contributed by atoms with Crippen LogP contribution >= 0.6 is 12.2 Å². The van der Waals surface area contributed by atoms with E-state index in [-0.39, 0.29) is 5.91 Å². The van der Waals surface area contributed by atoms with Gasteiger partial charge in [0.15, 0.2) is 5.11 Å². The molecule has 0 radical (unpaired) electrons. The predicted molar refractivity (Wildman–Crippen MR) is 114 cm³/mol. The highest BCUT2D eigenvalue weighted by Gasteiger charge is 2.37. The van der Waals surface area contributed by atoms with Crippen LogP contribution in [0, 0.1) is 13.8 Å². The van der Waals surface area contributed by atoms with E-state index >= 15 is 0 Å². The quantitative estimate of drug-likeness (QED) is 0.565. The predicted octanol–water partition coefficient (Wildman–Crippen LogP) is 4.82. The number of amides is 1. The molecule has 140 valence electrons. The fourth-order valence-corrected chi connectivity index (χ4v) is 4.67. The molecule has 1 saturated heterocycles. The summed E-state index contributed by atoms with van der Waals surface area (Å²) in [4.78, 5) is 16.5. The molecule has 4 rings (SSSR count). The Morgan fingerprint density at radius 3 is 2.44 bits per heavy atom. The molecule has 2 aliphatic rings. The number of aromatic nitrogens is 1. The van der Waals surface area contributed by atoms with Crippen LogP contribution in [0.15, 0.2) is 42.1 Å². The fourth-order valence-electron chi connectivity index (χ4n) is 4.38. The van der Waals surface area contributed by atoms with Crippen molar-refractivity contribution in [3.63, 3.8) is 0 Å². The van der Waals surface area contributed by atoms with E-state index in [4.69, 9.17) is 12.2 Å². The third-order valence-corrected chi connectivity index (χ3v) is 6.24. The molecule has 5 heteroatoms. The lowest BCUT2D eigenvalue weighted by Gasteiger charge is -2.17. The summed E-state index contributed by atoms with van der Waals surface area (Å²) in [5.41, 5.74) is 5.03. The fraction of sp³-hybridized carbons (Fsp3) is 0.364. The van der Waals surface area contributed by atoms with Gasteiger partial charge in [0.1, 0.15) is 5.70 Å². The molecule has 2 heterocycles. The minimum atomic E-state index is -0.0700. The van der Waals surface area contributed by atoms with E-state index in [1.54, 1.807) is 4.90 Å². The normalized spacial score (nSPS) is 19.7. The van der Waals surface area contributed by atoms with Crippen molar-refractivity contribution >= 4 is 35.0 Å². The highest BCUT2D eigenvalue weighted by Crippen LogP contribution is 2.35. The van der Waals surface area contributed by atoms with Crippen LogP contribution in [0.25, 0.3) is 6.08 Å². The molecule has 1 saturated carbocycles. The number of carbonyl (C=O) groups is 1. The minimum absolute atomic E-state index is 0.0700. The lowest BCUT2D eigenvalue weighted by molar-refractivity contribution is -0.114. The average Bonchev–Trinajstić information content (AvgIpc) is 3.32. The zero-order chi connectivity index (χ0) is 19.1. The molecule has 0 unspecified atom stereocenters. The van der Waals surface area contributed by atoms with Crippen LogP contribution in [0.2, 0.25) is 0 Å². The maximum absolute atomic E-state index is 13.1. The van der Waals surface area contributed by atoms with E-state index in [2.05, 4.69) is 24.5 Å². The van der Waals surface area contributed by atoms with Crippen molar-refractivity contribution in [2.45, 2.75) is 45.6 Å². The van der Waals surface area contributed by atoms with Crippen molar-refractivity contribution in [3.05, 3.63) is 59.0 Å². The molecule has 2 fully saturated rings. The van der Waals surface area contributed by atoms with Gasteiger partial charge in [0.05, 0.1) is 5.69 Å². The molecule has 0 bridgehead atoms. The second kappa shape index (κ2) is 6.97. The SMILES string of the molecule is Cc1cc(/C=C2/C(=O)N(c3ccccc3)C(=S)N2C)c(C)n1C1CCCC1. The Morgan fingerprint density at radius 2 is 1.78 bits per heavy atom. The standard InChI is InChI=1S/C22H25N3OS/c1-15-13-17(16(2)24(15)18-11-7-8-12-18)14-20-21(26)25(22(27)23(20)3)19-9-5-4-6-10-19/h4-6,9-10,13-14,18H,7-8,11-12H2,1-3H3/b20-14-. The summed E-state index contributed by atoms with van der Waals surface area (Å²) in [5.74, 6) is -0.0700. The molecular formula is C22H25N3OS. The number of aryl methyl sites for hydroxylation is 1. The van der Waals surface area contributed by atoms with Gasteiger partial charge in [-0.3, -0.25) is 9.69 Å². The first-order valence-electron chi connectivity index (χ1n) is 9.56. The van der Waals surface area contributed by atoms with Gasteiger partial charge in [-0.15, -0.1) is 0 Å². The van der Waals surface area contributed by atoms with Crippen molar-refractivity contribution in [2.24, 2.45) is 0 Å². The van der Waals surface area contributed by atoms with E-state index in [0.29, 0.717) is 16.9 Å². The van der Waals surface area contributed by atoms with Crippen molar-refractivity contribution in [1.82, 2.24) is 9.47 Å². The minimum Gasteiger partial charge on any atom is -0.346 e. The van der Waals surface area contributed by atoms with Crippen LogP contribution in [0.4, 0.5) is 5.69 Å². The summed E-state index contributed by atoms with van der Waals surface area (Å²) in [6.45, 7) is 4.32. The van der Waals surface area contributed by atoms with Crippen LogP contribution < -0.4 is 4.90 Å². The molecule has 0 spiro atoms. The Labute approximate surface area is 166 Å². The monoisotopic (exact) mass is 379 g/mol. The smallest absolute Gasteiger partial charge is 0.281 e. The van der Waals surface area contributed by atoms with Crippen molar-refractivity contribution in [1.29, 1.82) is 0 Å². The molecule has 0 N–H and O–H groups in total. The Bertz CT molecular complexity index is 923. The summed E-state index contributed by atoms with van der Waals surface area (Å²) < 4.78 is 2.45. The highest BCUT2D eigenvalue weighted by atomic mass is 32.1. The number of likely N-dealkylation sites (N-methyl/N-ethyl adjacent to an activating group) is 1. The van der Waals surface area contributed by atoms with Crippen LogP contribution in [0.5, 0.6) is 0 Å². The zero-order valence-corrected chi connectivity index (χ0v) is 16.9. The number of anilines is 1. The van der Waals surface area contributed by atoms with E-state index in [9.17, 15) is 4.79 Å². The summed E-state index contributed by atoms with van der Waals surface area (Å²) in [6, 6.07) is 12.4. The second-order valence-corrected chi connectivity index (χ2v) is 7.85. The van der Waals surface area contributed by atoms with Gasteiger partial charge in [0, 0.05) is 24.5 Å². The summed E-state index contributed by atoms with van der Waals surface area (Å²) in [6.07, 6.45) is 7.10. The second-order valence-electron chi connectivity index (χ2n) is 7.48. The van der Waals surface area contributed by atoms with E-state index < -0.39 is 0 Å². The van der Waals surface area contributed by atoms with E-state index in [1.165, 1.54) is 37.1 Å². The largest absolute Gasteiger partial charge is 0.346 e. The number of nitrogens with zero attached hydrogens (tertiary/aromatic N) is 3. The first-order valence-corrected chi connectivity index (χ1v) is 9.97. The molecular weight excluding hydrogens is 354 g/mol. The third-order valence-electron chi connectivity index (χ3n) is 5.78. The first kappa shape index (κ1) is 18.0. The van der Waals surface area contributed by atoms with Crippen LogP contribution in [0.3, 0.4) is 0 Å². The average molecular weight is 380 g/mol. The summed E-state index contributed by atoms with van der Waals surface area (Å²) in [5, 5.41) is 0.516. The molecule has 0 atom stereocenters. The van der Waals surface area contributed by atoms with E-state index in [0.717, 1.165) is 11.3 Å². The van der Waals surface area contributed by atoms with Crippen molar-refractivity contribution < 1.29 is 4.79 Å². The Morgan fingerprint density at radius 1 is 1.11 bits per heavy atom. The molecule has 1 aliphatic heterocycles. The van der Waals surface area contributed by atoms with Gasteiger partial charge in [-0.25, -0.2) is 0 Å². The number of rotatable bonds is 3. The Balaban J connectivity index is 1.71. The highest BCUT2D eigenvalue weighted by molar-refractivity contribution is 7.80. The summed E-state index contributed by atoms with van der Waals surface area (Å²) >= 11 is 5.55. The van der Waals surface area contributed by atoms with Crippen LogP contribution in [0.1, 0.15) is 48.7 Å². The number of carbonyl (C=O) groups excluding carboxylic acids is 1. The molecule has 2 aromatic rings. The van der Waals surface area contributed by atoms with Gasteiger partial charge in [-0.05, 0) is 68.7 Å². The third kappa shape index (κ3) is 3.00. The van der Waals surface area contributed by atoms with E-state index in [1.807, 2.05) is 48.4 Å². The first-order chi connectivity index (χ1) is 13.0. The number of para-hydroxylation sites is 1. The topological polar surface area (TPSA) is 28.5 Å². The maximum atomic E-state index is 13.1. The molecule has 1 aliphatic carbocycles. The van der Waals surface area contributed by atoms with Crippen LogP contribution in [-0.4, -0.2) is 27.5 Å². The van der Waals surface area contributed by atoms with Gasteiger partial charge >= 0.3 is 0 Å². The lowest BCUT2D eigenvalue weighted by Crippen LogP contribution is -2.30. The lowest BCUT2D eigenvalue weighted by atomic mass is 10.2. The molecule has 4 nitrogen and oxygen atoms in total. The van der Waals surface area contributed by atoms with Gasteiger partial charge in [-0.1, -0.05) is 31.0 Å². The van der Waals surface area contributed by atoms with Gasteiger partial charge in [0.25, 0.3) is 5.91 Å².